The summed E-state index contributed by atoms with van der Waals surface area (Å²) in [4.78, 5) is 30.1. The van der Waals surface area contributed by atoms with Gasteiger partial charge in [0.25, 0.3) is 0 Å². The smallest absolute Gasteiger partial charge is 0.225 e. The van der Waals surface area contributed by atoms with Crippen LogP contribution in [0.3, 0.4) is 0 Å². The molecule has 0 aliphatic carbocycles. The van der Waals surface area contributed by atoms with Crippen LogP contribution in [0.4, 0.5) is 0 Å². The molecule has 2 saturated heterocycles. The van der Waals surface area contributed by atoms with Crippen molar-refractivity contribution in [1.82, 2.24) is 25.2 Å². The summed E-state index contributed by atoms with van der Waals surface area (Å²) in [6.07, 6.45) is 5.43. The third-order valence-corrected chi connectivity index (χ3v) is 7.20. The van der Waals surface area contributed by atoms with Gasteiger partial charge in [-0.2, -0.15) is 0 Å². The summed E-state index contributed by atoms with van der Waals surface area (Å²) < 4.78 is 5.62. The maximum Gasteiger partial charge on any atom is 0.225 e. The van der Waals surface area contributed by atoms with Crippen LogP contribution in [0.1, 0.15) is 39.8 Å². The second-order valence-corrected chi connectivity index (χ2v) is 9.62. The lowest BCUT2D eigenvalue weighted by molar-refractivity contribution is -0.130. The summed E-state index contributed by atoms with van der Waals surface area (Å²) in [7, 11) is 0. The predicted molar refractivity (Wildman–Crippen MR) is 111 cm³/mol. The molecule has 1 N–H and O–H groups in total. The molecule has 1 spiro atoms. The summed E-state index contributed by atoms with van der Waals surface area (Å²) >= 11 is 1.76. The van der Waals surface area contributed by atoms with Crippen LogP contribution >= 0.6 is 11.3 Å². The maximum absolute atomic E-state index is 13.2. The maximum atomic E-state index is 13.2. The second-order valence-electron chi connectivity index (χ2n) is 8.33. The standard InChI is InChI=1S/C21H29N5O2S/c1-14-8-22-19(23-9-14)10-24-20(27)17-11-26(12-18-15(2)25-16(3)29-18)13-21(17)4-6-28-7-5-21/h8-9,17H,4-7,10-13H2,1-3H3,(H,24,27). The third-order valence-electron chi connectivity index (χ3n) is 6.15. The van der Waals surface area contributed by atoms with Gasteiger partial charge in [-0.05, 0) is 39.2 Å². The van der Waals surface area contributed by atoms with Crippen molar-refractivity contribution >= 4 is 17.2 Å². The van der Waals surface area contributed by atoms with Crippen LogP contribution in [-0.2, 0) is 22.6 Å². The monoisotopic (exact) mass is 415 g/mol. The Bertz CT molecular complexity index is 860. The molecular formula is C21H29N5O2S. The summed E-state index contributed by atoms with van der Waals surface area (Å²) in [5.41, 5.74) is 2.11. The number of ether oxygens (including phenoxy) is 1. The first-order valence-corrected chi connectivity index (χ1v) is 11.0. The molecule has 7 nitrogen and oxygen atoms in total. The molecule has 0 bridgehead atoms. The molecular weight excluding hydrogens is 386 g/mol. The molecule has 0 aromatic carbocycles. The number of hydrogen-bond donors (Lipinski definition) is 1. The van der Waals surface area contributed by atoms with Gasteiger partial charge in [-0.1, -0.05) is 0 Å². The van der Waals surface area contributed by atoms with Gasteiger partial charge in [0.1, 0.15) is 5.82 Å². The van der Waals surface area contributed by atoms with E-state index in [0.717, 1.165) is 62.0 Å². The minimum Gasteiger partial charge on any atom is -0.381 e. The van der Waals surface area contributed by atoms with Gasteiger partial charge >= 0.3 is 0 Å². The van der Waals surface area contributed by atoms with Crippen molar-refractivity contribution < 1.29 is 9.53 Å². The molecule has 0 saturated carbocycles. The molecule has 4 heterocycles. The highest BCUT2D eigenvalue weighted by Gasteiger charge is 2.50. The summed E-state index contributed by atoms with van der Waals surface area (Å²) in [6.45, 7) is 10.5. The summed E-state index contributed by atoms with van der Waals surface area (Å²) in [6, 6.07) is 0. The van der Waals surface area contributed by atoms with Crippen LogP contribution in [-0.4, -0.2) is 52.1 Å². The zero-order valence-corrected chi connectivity index (χ0v) is 18.2. The Balaban J connectivity index is 1.46. The van der Waals surface area contributed by atoms with Gasteiger partial charge in [0.15, 0.2) is 0 Å². The number of hydrogen-bond acceptors (Lipinski definition) is 7. The molecule has 2 aliphatic rings. The van der Waals surface area contributed by atoms with E-state index < -0.39 is 0 Å². The Morgan fingerprint density at radius 1 is 1.28 bits per heavy atom. The summed E-state index contributed by atoms with van der Waals surface area (Å²) in [5.74, 6) is 0.720. The zero-order valence-electron chi connectivity index (χ0n) is 17.4. The van der Waals surface area contributed by atoms with Crippen molar-refractivity contribution in [3.05, 3.63) is 39.4 Å². The van der Waals surface area contributed by atoms with Gasteiger partial charge in [-0.25, -0.2) is 15.0 Å². The van der Waals surface area contributed by atoms with Crippen LogP contribution in [0.15, 0.2) is 12.4 Å². The third kappa shape index (κ3) is 4.49. The predicted octanol–water partition coefficient (Wildman–Crippen LogP) is 2.40. The van der Waals surface area contributed by atoms with Crippen molar-refractivity contribution in [3.63, 3.8) is 0 Å². The Labute approximate surface area is 175 Å². The van der Waals surface area contributed by atoms with Crippen LogP contribution < -0.4 is 5.32 Å². The topological polar surface area (TPSA) is 80.2 Å². The number of nitrogens with one attached hydrogen (secondary N) is 1. The number of carbonyl (C=O) groups is 1. The largest absolute Gasteiger partial charge is 0.381 e. The van der Waals surface area contributed by atoms with Gasteiger partial charge in [0.2, 0.25) is 5.91 Å². The van der Waals surface area contributed by atoms with E-state index in [2.05, 4.69) is 39.0 Å². The minimum absolute atomic E-state index is 0.00982. The van der Waals surface area contributed by atoms with Crippen molar-refractivity contribution in [2.75, 3.05) is 26.3 Å². The number of aryl methyl sites for hydroxylation is 3. The Morgan fingerprint density at radius 2 is 2.00 bits per heavy atom. The fourth-order valence-electron chi connectivity index (χ4n) is 4.56. The van der Waals surface area contributed by atoms with Crippen LogP contribution in [0, 0.1) is 32.1 Å². The quantitative estimate of drug-likeness (QED) is 0.808. The molecule has 156 valence electrons. The normalized spacial score (nSPS) is 21.6. The van der Waals surface area contributed by atoms with Gasteiger partial charge < -0.3 is 10.1 Å². The highest BCUT2D eigenvalue weighted by molar-refractivity contribution is 7.11. The van der Waals surface area contributed by atoms with Crippen molar-refractivity contribution in [2.45, 2.75) is 46.7 Å². The number of aromatic nitrogens is 3. The Hall–Kier alpha value is -1.90. The van der Waals surface area contributed by atoms with E-state index in [1.54, 1.807) is 23.7 Å². The lowest BCUT2D eigenvalue weighted by atomic mass is 9.72. The molecule has 8 heteroatoms. The van der Waals surface area contributed by atoms with Crippen molar-refractivity contribution in [2.24, 2.45) is 11.3 Å². The number of carbonyl (C=O) groups excluding carboxylic acids is 1. The van der Waals surface area contributed by atoms with Crippen LogP contribution in [0.5, 0.6) is 0 Å². The van der Waals surface area contributed by atoms with E-state index >= 15 is 0 Å². The molecule has 2 aromatic rings. The lowest BCUT2D eigenvalue weighted by Gasteiger charge is -2.37. The number of thiazole rings is 1. The SMILES string of the molecule is Cc1cnc(CNC(=O)C2CN(Cc3sc(C)nc3C)CC23CCOCC3)nc1. The second kappa shape index (κ2) is 8.45. The fourth-order valence-corrected chi connectivity index (χ4v) is 5.54. The van der Waals surface area contributed by atoms with E-state index in [1.165, 1.54) is 4.88 Å². The molecule has 1 atom stereocenters. The average molecular weight is 416 g/mol. The Kier molecular flexibility index (Phi) is 5.94. The number of rotatable bonds is 5. The van der Waals surface area contributed by atoms with Crippen LogP contribution in [0.25, 0.3) is 0 Å². The first kappa shape index (κ1) is 20.4. The van der Waals surface area contributed by atoms with Crippen molar-refractivity contribution in [1.29, 1.82) is 0 Å². The fraction of sp³-hybridized carbons (Fsp3) is 0.619. The van der Waals surface area contributed by atoms with Gasteiger partial charge in [0.05, 0.1) is 23.2 Å². The summed E-state index contributed by atoms with van der Waals surface area (Å²) in [5, 5.41) is 4.19. The van der Waals surface area contributed by atoms with Gasteiger partial charge in [-0.3, -0.25) is 9.69 Å². The van der Waals surface area contributed by atoms with E-state index in [0.29, 0.717) is 12.4 Å². The molecule has 0 radical (unpaired) electrons. The molecule has 1 amide bonds. The zero-order chi connectivity index (χ0) is 20.4. The molecule has 1 unspecified atom stereocenters. The van der Waals surface area contributed by atoms with Gasteiger partial charge in [0, 0.05) is 55.5 Å². The molecule has 2 fully saturated rings. The molecule has 2 aliphatic heterocycles. The highest BCUT2D eigenvalue weighted by Crippen LogP contribution is 2.45. The molecule has 29 heavy (non-hydrogen) atoms. The number of amides is 1. The first-order chi connectivity index (χ1) is 13.9. The van der Waals surface area contributed by atoms with E-state index in [-0.39, 0.29) is 17.2 Å². The minimum atomic E-state index is -0.0360. The molecule has 2 aromatic heterocycles. The van der Waals surface area contributed by atoms with E-state index in [1.807, 2.05) is 6.92 Å². The average Bonchev–Trinajstić information content (AvgIpc) is 3.20. The highest BCUT2D eigenvalue weighted by atomic mass is 32.1. The Morgan fingerprint density at radius 3 is 2.66 bits per heavy atom. The van der Waals surface area contributed by atoms with E-state index in [9.17, 15) is 4.79 Å². The number of nitrogens with zero attached hydrogens (tertiary/aromatic N) is 4. The lowest BCUT2D eigenvalue weighted by Crippen LogP contribution is -2.44. The van der Waals surface area contributed by atoms with Crippen molar-refractivity contribution in [3.8, 4) is 0 Å². The number of likely N-dealkylation sites (tertiary alicyclic amines) is 1. The van der Waals surface area contributed by atoms with E-state index in [4.69, 9.17) is 4.74 Å². The van der Waals surface area contributed by atoms with Crippen LogP contribution in [0.2, 0.25) is 0 Å². The first-order valence-electron chi connectivity index (χ1n) is 10.2. The molecule has 4 rings (SSSR count). The van der Waals surface area contributed by atoms with Gasteiger partial charge in [-0.15, -0.1) is 11.3 Å².